The highest BCUT2D eigenvalue weighted by atomic mass is 19.1. The minimum Gasteiger partial charge on any atom is -0.361 e. The summed E-state index contributed by atoms with van der Waals surface area (Å²) in [6.07, 6.45) is 3.16. The van der Waals surface area contributed by atoms with E-state index in [0.717, 1.165) is 34.1 Å². The van der Waals surface area contributed by atoms with Crippen LogP contribution in [0, 0.1) is 11.7 Å². The summed E-state index contributed by atoms with van der Waals surface area (Å²) in [5.41, 5.74) is 3.82. The molecule has 1 aromatic heterocycles. The molecule has 1 amide bonds. The molecule has 0 atom stereocenters. The predicted molar refractivity (Wildman–Crippen MR) is 125 cm³/mol. The third kappa shape index (κ3) is 6.57. The molecule has 3 aromatic rings. The van der Waals surface area contributed by atoms with Crippen molar-refractivity contribution in [2.24, 2.45) is 10.9 Å². The molecule has 7 heteroatoms. The number of nitrogens with zero attached hydrogens (tertiary/aromatic N) is 1. The van der Waals surface area contributed by atoms with Crippen molar-refractivity contribution in [3.05, 3.63) is 65.6 Å². The number of amides is 1. The molecule has 0 aliphatic rings. The van der Waals surface area contributed by atoms with Gasteiger partial charge in [0.05, 0.1) is 0 Å². The van der Waals surface area contributed by atoms with E-state index in [9.17, 15) is 9.18 Å². The van der Waals surface area contributed by atoms with Gasteiger partial charge in [0, 0.05) is 49.3 Å². The van der Waals surface area contributed by atoms with Gasteiger partial charge in [0.1, 0.15) is 5.82 Å². The van der Waals surface area contributed by atoms with Crippen molar-refractivity contribution in [1.29, 1.82) is 0 Å². The molecule has 0 aliphatic heterocycles. The summed E-state index contributed by atoms with van der Waals surface area (Å²) in [6.45, 7) is 5.28. The average molecular weight is 424 g/mol. The minimum atomic E-state index is -0.235. The third-order valence-electron chi connectivity index (χ3n) is 4.90. The normalized spacial score (nSPS) is 11.7. The Hall–Kier alpha value is -3.35. The van der Waals surface area contributed by atoms with E-state index in [1.165, 1.54) is 6.07 Å². The van der Waals surface area contributed by atoms with Crippen LogP contribution in [-0.2, 0) is 17.8 Å². The minimum absolute atomic E-state index is 0.0229. The first kappa shape index (κ1) is 22.3. The van der Waals surface area contributed by atoms with E-state index in [4.69, 9.17) is 0 Å². The molecular weight excluding hydrogens is 393 g/mol. The van der Waals surface area contributed by atoms with Gasteiger partial charge in [-0.05, 0) is 53.8 Å². The van der Waals surface area contributed by atoms with Crippen molar-refractivity contribution in [2.75, 3.05) is 18.9 Å². The molecular formula is C24H30FN5O. The highest BCUT2D eigenvalue weighted by Crippen LogP contribution is 2.19. The molecule has 0 spiro atoms. The maximum absolute atomic E-state index is 13.5. The highest BCUT2D eigenvalue weighted by molar-refractivity contribution is 5.91. The van der Waals surface area contributed by atoms with E-state index in [-0.39, 0.29) is 11.7 Å². The number of anilines is 1. The first-order valence-corrected chi connectivity index (χ1v) is 10.5. The van der Waals surface area contributed by atoms with Crippen molar-refractivity contribution < 1.29 is 9.18 Å². The van der Waals surface area contributed by atoms with E-state index < -0.39 is 0 Å². The summed E-state index contributed by atoms with van der Waals surface area (Å²) in [4.78, 5) is 19.4. The number of nitrogens with one attached hydrogen (secondary N) is 4. The number of carbonyl (C=O) groups excluding carboxylic acids is 1. The number of H-pyrrole nitrogens is 1. The van der Waals surface area contributed by atoms with Gasteiger partial charge in [-0.25, -0.2) is 4.39 Å². The Balaban J connectivity index is 1.49. The van der Waals surface area contributed by atoms with Crippen LogP contribution < -0.4 is 16.0 Å². The van der Waals surface area contributed by atoms with Crippen LogP contribution in [0.1, 0.15) is 31.4 Å². The SMILES string of the molecule is CN=C(NCCc1c[nH]c2ccc(F)cc12)NCc1cccc(NC(=O)CC(C)C)c1. The van der Waals surface area contributed by atoms with E-state index in [2.05, 4.69) is 25.9 Å². The molecule has 0 saturated carbocycles. The highest BCUT2D eigenvalue weighted by Gasteiger charge is 2.07. The standard InChI is InChI=1S/C24H30FN5O/c1-16(2)11-23(31)30-20-6-4-5-17(12-20)14-29-24(26-3)27-10-9-18-15-28-22-8-7-19(25)13-21(18)22/h4-8,12-13,15-16,28H,9-11,14H2,1-3H3,(H,30,31)(H2,26,27,29). The summed E-state index contributed by atoms with van der Waals surface area (Å²) in [6, 6.07) is 12.5. The van der Waals surface area contributed by atoms with Gasteiger partial charge >= 0.3 is 0 Å². The lowest BCUT2D eigenvalue weighted by Gasteiger charge is -2.13. The molecule has 0 fully saturated rings. The van der Waals surface area contributed by atoms with Crippen molar-refractivity contribution in [3.63, 3.8) is 0 Å². The Bertz CT molecular complexity index is 1060. The Morgan fingerprint density at radius 2 is 2.00 bits per heavy atom. The Labute approximate surface area is 182 Å². The molecule has 2 aromatic carbocycles. The van der Waals surface area contributed by atoms with Gasteiger partial charge in [-0.1, -0.05) is 26.0 Å². The second-order valence-corrected chi connectivity index (χ2v) is 7.95. The fraction of sp³-hybridized carbons (Fsp3) is 0.333. The van der Waals surface area contributed by atoms with E-state index in [0.29, 0.717) is 31.4 Å². The fourth-order valence-electron chi connectivity index (χ4n) is 3.42. The molecule has 3 rings (SSSR count). The fourth-order valence-corrected chi connectivity index (χ4v) is 3.42. The van der Waals surface area contributed by atoms with E-state index in [1.807, 2.05) is 44.3 Å². The van der Waals surface area contributed by atoms with E-state index in [1.54, 1.807) is 19.2 Å². The summed E-state index contributed by atoms with van der Waals surface area (Å²) in [5, 5.41) is 10.4. The van der Waals surface area contributed by atoms with Crippen molar-refractivity contribution in [2.45, 2.75) is 33.2 Å². The van der Waals surface area contributed by atoms with Crippen LogP contribution in [0.3, 0.4) is 0 Å². The molecule has 0 radical (unpaired) electrons. The number of benzene rings is 2. The second-order valence-electron chi connectivity index (χ2n) is 7.95. The Morgan fingerprint density at radius 3 is 2.77 bits per heavy atom. The number of aliphatic imine (C=N–C) groups is 1. The molecule has 6 nitrogen and oxygen atoms in total. The molecule has 1 heterocycles. The first-order chi connectivity index (χ1) is 14.9. The number of aromatic nitrogens is 1. The lowest BCUT2D eigenvalue weighted by molar-refractivity contribution is -0.116. The summed E-state index contributed by atoms with van der Waals surface area (Å²) in [5.74, 6) is 0.791. The largest absolute Gasteiger partial charge is 0.361 e. The van der Waals surface area contributed by atoms with Gasteiger partial charge in [0.25, 0.3) is 0 Å². The molecule has 164 valence electrons. The quantitative estimate of drug-likeness (QED) is 0.324. The Morgan fingerprint density at radius 1 is 1.16 bits per heavy atom. The predicted octanol–water partition coefficient (Wildman–Crippen LogP) is 4.20. The molecule has 0 saturated heterocycles. The van der Waals surface area contributed by atoms with Crippen molar-refractivity contribution in [1.82, 2.24) is 15.6 Å². The number of hydrogen-bond donors (Lipinski definition) is 4. The van der Waals surface area contributed by atoms with Crippen LogP contribution in [0.25, 0.3) is 10.9 Å². The van der Waals surface area contributed by atoms with Crippen molar-refractivity contribution >= 4 is 28.5 Å². The summed E-state index contributed by atoms with van der Waals surface area (Å²) in [7, 11) is 1.72. The van der Waals surface area contributed by atoms with Crippen LogP contribution in [0.5, 0.6) is 0 Å². The van der Waals surface area contributed by atoms with Gasteiger partial charge in [-0.15, -0.1) is 0 Å². The van der Waals surface area contributed by atoms with E-state index >= 15 is 0 Å². The number of aromatic amines is 1. The second kappa shape index (κ2) is 10.6. The number of rotatable bonds is 8. The molecule has 4 N–H and O–H groups in total. The number of hydrogen-bond acceptors (Lipinski definition) is 2. The smallest absolute Gasteiger partial charge is 0.224 e. The molecule has 31 heavy (non-hydrogen) atoms. The Kier molecular flexibility index (Phi) is 7.65. The zero-order valence-corrected chi connectivity index (χ0v) is 18.3. The summed E-state index contributed by atoms with van der Waals surface area (Å²) >= 11 is 0. The molecule has 0 bridgehead atoms. The summed E-state index contributed by atoms with van der Waals surface area (Å²) < 4.78 is 13.5. The van der Waals surface area contributed by atoms with Crippen LogP contribution in [-0.4, -0.2) is 30.4 Å². The van der Waals surface area contributed by atoms with Gasteiger partial charge in [-0.3, -0.25) is 9.79 Å². The van der Waals surface area contributed by atoms with Gasteiger partial charge in [0.2, 0.25) is 5.91 Å². The third-order valence-corrected chi connectivity index (χ3v) is 4.90. The maximum Gasteiger partial charge on any atom is 0.224 e. The molecule has 0 aliphatic carbocycles. The monoisotopic (exact) mass is 423 g/mol. The zero-order valence-electron chi connectivity index (χ0n) is 18.3. The topological polar surface area (TPSA) is 81.3 Å². The number of carbonyl (C=O) groups is 1. The van der Waals surface area contributed by atoms with Gasteiger partial charge in [0.15, 0.2) is 5.96 Å². The van der Waals surface area contributed by atoms with Crippen LogP contribution in [0.2, 0.25) is 0 Å². The lowest BCUT2D eigenvalue weighted by atomic mass is 10.1. The number of guanidine groups is 1. The van der Waals surface area contributed by atoms with Crippen LogP contribution in [0.15, 0.2) is 53.7 Å². The number of halogens is 1. The zero-order chi connectivity index (χ0) is 22.2. The van der Waals surface area contributed by atoms with Gasteiger partial charge < -0.3 is 20.9 Å². The van der Waals surface area contributed by atoms with Crippen LogP contribution >= 0.6 is 0 Å². The van der Waals surface area contributed by atoms with Crippen LogP contribution in [0.4, 0.5) is 10.1 Å². The lowest BCUT2D eigenvalue weighted by Crippen LogP contribution is -2.37. The first-order valence-electron chi connectivity index (χ1n) is 10.5. The van der Waals surface area contributed by atoms with Gasteiger partial charge in [-0.2, -0.15) is 0 Å². The molecule has 0 unspecified atom stereocenters. The number of fused-ring (bicyclic) bond motifs is 1. The van der Waals surface area contributed by atoms with Crippen molar-refractivity contribution in [3.8, 4) is 0 Å². The average Bonchev–Trinajstić information content (AvgIpc) is 3.12. The maximum atomic E-state index is 13.5.